The van der Waals surface area contributed by atoms with E-state index in [-0.39, 0.29) is 12.5 Å². The lowest BCUT2D eigenvalue weighted by Gasteiger charge is -2.35. The highest BCUT2D eigenvalue weighted by molar-refractivity contribution is 5.97. The molecule has 0 aromatic heterocycles. The molecule has 0 aromatic rings. The van der Waals surface area contributed by atoms with Crippen molar-refractivity contribution in [1.82, 2.24) is 15.8 Å². The molecule has 14 heavy (non-hydrogen) atoms. The normalized spacial score (nSPS) is 25.7. The molecule has 2 aliphatic rings. The van der Waals surface area contributed by atoms with Crippen LogP contribution in [-0.2, 0) is 4.79 Å². The van der Waals surface area contributed by atoms with Gasteiger partial charge in [-0.1, -0.05) is 19.3 Å². The summed E-state index contributed by atoms with van der Waals surface area (Å²) in [5.41, 5.74) is 2.68. The highest BCUT2D eigenvalue weighted by Crippen LogP contribution is 2.21. The van der Waals surface area contributed by atoms with E-state index in [0.29, 0.717) is 6.04 Å². The Morgan fingerprint density at radius 2 is 1.86 bits per heavy atom. The average Bonchev–Trinajstić information content (AvgIpc) is 2.18. The maximum absolute atomic E-state index is 11.1. The Morgan fingerprint density at radius 3 is 2.50 bits per heavy atom. The highest BCUT2D eigenvalue weighted by Gasteiger charge is 2.28. The summed E-state index contributed by atoms with van der Waals surface area (Å²) in [6, 6.07) is -0.0504. The van der Waals surface area contributed by atoms with Gasteiger partial charge in [-0.05, 0) is 12.8 Å². The predicted molar refractivity (Wildman–Crippen MR) is 50.3 cm³/mol. The van der Waals surface area contributed by atoms with E-state index in [1.54, 1.807) is 5.01 Å². The molecule has 0 radical (unpaired) electrons. The molecule has 1 aliphatic heterocycles. The van der Waals surface area contributed by atoms with Crippen molar-refractivity contribution >= 4 is 11.9 Å². The number of carbonyl (C=O) groups excluding carboxylic acids is 2. The van der Waals surface area contributed by atoms with Crippen molar-refractivity contribution in [2.75, 3.05) is 6.54 Å². The van der Waals surface area contributed by atoms with Gasteiger partial charge in [0.25, 0.3) is 0 Å². The quantitative estimate of drug-likeness (QED) is 0.638. The third-order valence-electron chi connectivity index (χ3n) is 2.83. The molecule has 0 aromatic carbocycles. The van der Waals surface area contributed by atoms with Crippen LogP contribution in [0.15, 0.2) is 0 Å². The summed E-state index contributed by atoms with van der Waals surface area (Å²) >= 11 is 0. The number of rotatable bonds is 1. The Bertz CT molecular complexity index is 232. The number of hydrazine groups is 1. The van der Waals surface area contributed by atoms with Gasteiger partial charge in [0.15, 0.2) is 0 Å². The number of nitrogens with zero attached hydrogens (tertiary/aromatic N) is 1. The largest absolute Gasteiger partial charge is 0.336 e. The van der Waals surface area contributed by atoms with Gasteiger partial charge in [0.05, 0.1) is 6.54 Å². The monoisotopic (exact) mass is 197 g/mol. The molecule has 1 aliphatic carbocycles. The molecule has 0 bridgehead atoms. The molecular weight excluding hydrogens is 182 g/mol. The maximum atomic E-state index is 11.1. The summed E-state index contributed by atoms with van der Waals surface area (Å²) < 4.78 is 0. The van der Waals surface area contributed by atoms with E-state index in [2.05, 4.69) is 10.7 Å². The minimum Gasteiger partial charge on any atom is -0.276 e. The Labute approximate surface area is 82.8 Å². The third kappa shape index (κ3) is 2.04. The number of amides is 3. The van der Waals surface area contributed by atoms with E-state index >= 15 is 0 Å². The molecule has 1 saturated heterocycles. The summed E-state index contributed by atoms with van der Waals surface area (Å²) in [7, 11) is 0. The first-order valence-corrected chi connectivity index (χ1v) is 5.13. The Hall–Kier alpha value is -1.10. The first kappa shape index (κ1) is 9.45. The fourth-order valence-corrected chi connectivity index (χ4v) is 2.13. The van der Waals surface area contributed by atoms with Gasteiger partial charge in [-0.2, -0.15) is 0 Å². The van der Waals surface area contributed by atoms with Gasteiger partial charge in [0, 0.05) is 6.04 Å². The fraction of sp³-hybridized carbons (Fsp3) is 0.778. The number of hydrogen-bond acceptors (Lipinski definition) is 3. The minimum absolute atomic E-state index is 0.209. The smallest absolute Gasteiger partial charge is 0.276 e. The topological polar surface area (TPSA) is 61.4 Å². The molecular formula is C9H15N3O2. The molecule has 2 rings (SSSR count). The summed E-state index contributed by atoms with van der Waals surface area (Å²) in [4.78, 5) is 22.2. The lowest BCUT2D eigenvalue weighted by atomic mass is 9.95. The zero-order valence-electron chi connectivity index (χ0n) is 8.08. The van der Waals surface area contributed by atoms with Crippen molar-refractivity contribution in [1.29, 1.82) is 0 Å². The standard InChI is InChI=1S/C9H15N3O2/c13-8-6-12(11-9(14)10-8)7-4-2-1-3-5-7/h7H,1-6H2,(H2,10,11,13,14). The van der Waals surface area contributed by atoms with Crippen LogP contribution in [-0.4, -0.2) is 29.5 Å². The minimum atomic E-state index is -0.396. The molecule has 1 heterocycles. The molecule has 5 nitrogen and oxygen atoms in total. The van der Waals surface area contributed by atoms with Crippen molar-refractivity contribution in [3.63, 3.8) is 0 Å². The average molecular weight is 197 g/mol. The number of carbonyl (C=O) groups is 2. The van der Waals surface area contributed by atoms with Crippen LogP contribution in [0, 0.1) is 0 Å². The Morgan fingerprint density at radius 1 is 1.14 bits per heavy atom. The lowest BCUT2D eigenvalue weighted by Crippen LogP contribution is -2.61. The van der Waals surface area contributed by atoms with Gasteiger partial charge < -0.3 is 0 Å². The number of nitrogens with one attached hydrogen (secondary N) is 2. The summed E-state index contributed by atoms with van der Waals surface area (Å²) in [6.45, 7) is 0.288. The second-order valence-electron chi connectivity index (χ2n) is 3.91. The van der Waals surface area contributed by atoms with Crippen LogP contribution in [0.4, 0.5) is 4.79 Å². The van der Waals surface area contributed by atoms with E-state index in [9.17, 15) is 9.59 Å². The Kier molecular flexibility index (Phi) is 2.67. The van der Waals surface area contributed by atoms with Crippen molar-refractivity contribution < 1.29 is 9.59 Å². The highest BCUT2D eigenvalue weighted by atomic mass is 16.2. The number of hydrogen-bond donors (Lipinski definition) is 2. The van der Waals surface area contributed by atoms with Crippen LogP contribution in [0.1, 0.15) is 32.1 Å². The number of imide groups is 1. The summed E-state index contributed by atoms with van der Waals surface area (Å²) in [5, 5.41) is 4.00. The third-order valence-corrected chi connectivity index (χ3v) is 2.83. The summed E-state index contributed by atoms with van der Waals surface area (Å²) in [5.74, 6) is -0.209. The van der Waals surface area contributed by atoms with Crippen molar-refractivity contribution in [2.45, 2.75) is 38.1 Å². The molecule has 2 fully saturated rings. The van der Waals surface area contributed by atoms with Gasteiger partial charge in [0.1, 0.15) is 0 Å². The van der Waals surface area contributed by atoms with Gasteiger partial charge in [-0.15, -0.1) is 0 Å². The fourth-order valence-electron chi connectivity index (χ4n) is 2.13. The molecule has 2 N–H and O–H groups in total. The van der Waals surface area contributed by atoms with E-state index in [1.807, 2.05) is 0 Å². The van der Waals surface area contributed by atoms with E-state index in [0.717, 1.165) is 12.8 Å². The molecule has 5 heteroatoms. The zero-order valence-corrected chi connectivity index (χ0v) is 8.08. The van der Waals surface area contributed by atoms with Crippen molar-refractivity contribution in [3.8, 4) is 0 Å². The van der Waals surface area contributed by atoms with Gasteiger partial charge in [-0.3, -0.25) is 15.5 Å². The molecule has 78 valence electrons. The van der Waals surface area contributed by atoms with Gasteiger partial charge in [-0.25, -0.2) is 9.80 Å². The second kappa shape index (κ2) is 3.96. The van der Waals surface area contributed by atoms with Crippen molar-refractivity contribution in [2.24, 2.45) is 0 Å². The van der Waals surface area contributed by atoms with Crippen LogP contribution in [0.5, 0.6) is 0 Å². The van der Waals surface area contributed by atoms with E-state index < -0.39 is 6.03 Å². The first-order valence-electron chi connectivity index (χ1n) is 5.13. The van der Waals surface area contributed by atoms with E-state index in [1.165, 1.54) is 19.3 Å². The van der Waals surface area contributed by atoms with Crippen LogP contribution in [0.2, 0.25) is 0 Å². The first-order chi connectivity index (χ1) is 6.75. The molecule has 0 atom stereocenters. The molecule has 0 spiro atoms. The van der Waals surface area contributed by atoms with Crippen LogP contribution in [0.3, 0.4) is 0 Å². The zero-order chi connectivity index (χ0) is 9.97. The van der Waals surface area contributed by atoms with Gasteiger partial charge in [0.2, 0.25) is 5.91 Å². The van der Waals surface area contributed by atoms with Crippen molar-refractivity contribution in [3.05, 3.63) is 0 Å². The molecule has 0 unspecified atom stereocenters. The van der Waals surface area contributed by atoms with Crippen LogP contribution in [0.25, 0.3) is 0 Å². The molecule has 1 saturated carbocycles. The lowest BCUT2D eigenvalue weighted by molar-refractivity contribution is -0.124. The maximum Gasteiger partial charge on any atom is 0.336 e. The second-order valence-corrected chi connectivity index (χ2v) is 3.91. The summed E-state index contributed by atoms with van der Waals surface area (Å²) in [6.07, 6.45) is 5.81. The predicted octanol–water partition coefficient (Wildman–Crippen LogP) is 0.376. The van der Waals surface area contributed by atoms with Gasteiger partial charge >= 0.3 is 6.03 Å². The van der Waals surface area contributed by atoms with E-state index in [4.69, 9.17) is 0 Å². The van der Waals surface area contributed by atoms with Crippen LogP contribution < -0.4 is 10.7 Å². The SMILES string of the molecule is O=C1CN(C2CCCCC2)NC(=O)N1. The number of urea groups is 1. The Balaban J connectivity index is 1.95. The molecule has 3 amide bonds. The van der Waals surface area contributed by atoms with Crippen LogP contribution >= 0.6 is 0 Å².